The van der Waals surface area contributed by atoms with Crippen molar-refractivity contribution in [2.75, 3.05) is 12.4 Å². The van der Waals surface area contributed by atoms with E-state index in [0.29, 0.717) is 11.4 Å². The molecular formula is C21H19FN6O3. The van der Waals surface area contributed by atoms with Gasteiger partial charge in [-0.25, -0.2) is 14.4 Å². The van der Waals surface area contributed by atoms with Gasteiger partial charge in [-0.1, -0.05) is 0 Å². The van der Waals surface area contributed by atoms with E-state index in [1.165, 1.54) is 55.1 Å². The molecule has 0 saturated carbocycles. The van der Waals surface area contributed by atoms with Crippen LogP contribution in [0.4, 0.5) is 10.1 Å². The number of amides is 2. The zero-order chi connectivity index (χ0) is 22.2. The summed E-state index contributed by atoms with van der Waals surface area (Å²) in [4.78, 5) is 38.6. The van der Waals surface area contributed by atoms with Gasteiger partial charge in [0.25, 0.3) is 5.91 Å². The number of nitrogens with one attached hydrogen (secondary N) is 1. The van der Waals surface area contributed by atoms with Gasteiger partial charge in [-0.3, -0.25) is 19.5 Å². The molecule has 158 valence electrons. The monoisotopic (exact) mass is 422 g/mol. The second-order valence-electron chi connectivity index (χ2n) is 7.32. The average Bonchev–Trinajstić information content (AvgIpc) is 3.28. The Labute approximate surface area is 176 Å². The SMILES string of the molecule is CN1C(=O)CC(C)(c2cc(NC(=O)c3cnc(-c4ccoc4)cn3)ccc2F)N=C1N. The van der Waals surface area contributed by atoms with Crippen LogP contribution < -0.4 is 11.1 Å². The molecule has 10 heteroatoms. The van der Waals surface area contributed by atoms with E-state index in [2.05, 4.69) is 20.3 Å². The zero-order valence-electron chi connectivity index (χ0n) is 16.8. The van der Waals surface area contributed by atoms with Crippen LogP contribution in [0.15, 0.2) is 58.6 Å². The number of aliphatic imine (C=N–C) groups is 1. The Bertz CT molecular complexity index is 1180. The van der Waals surface area contributed by atoms with Crippen LogP contribution >= 0.6 is 0 Å². The molecule has 1 aliphatic rings. The molecule has 1 aliphatic heterocycles. The largest absolute Gasteiger partial charge is 0.472 e. The summed E-state index contributed by atoms with van der Waals surface area (Å²) in [6.45, 7) is 1.62. The lowest BCUT2D eigenvalue weighted by Gasteiger charge is -2.34. The molecule has 4 rings (SSSR count). The van der Waals surface area contributed by atoms with Crippen LogP contribution in [-0.2, 0) is 10.3 Å². The molecule has 1 aromatic carbocycles. The smallest absolute Gasteiger partial charge is 0.275 e. The van der Waals surface area contributed by atoms with Gasteiger partial charge in [0.05, 0.1) is 42.6 Å². The second-order valence-corrected chi connectivity index (χ2v) is 7.32. The van der Waals surface area contributed by atoms with E-state index < -0.39 is 17.3 Å². The van der Waals surface area contributed by atoms with E-state index >= 15 is 0 Å². The normalized spacial score (nSPS) is 18.6. The number of hydrogen-bond acceptors (Lipinski definition) is 7. The van der Waals surface area contributed by atoms with E-state index in [1.807, 2.05) is 0 Å². The van der Waals surface area contributed by atoms with Crippen molar-refractivity contribution in [3.05, 3.63) is 66.3 Å². The Morgan fingerprint density at radius 1 is 1.29 bits per heavy atom. The molecule has 0 bridgehead atoms. The highest BCUT2D eigenvalue weighted by Crippen LogP contribution is 2.35. The highest BCUT2D eigenvalue weighted by atomic mass is 19.1. The van der Waals surface area contributed by atoms with Crippen molar-refractivity contribution < 1.29 is 18.4 Å². The summed E-state index contributed by atoms with van der Waals surface area (Å²) >= 11 is 0. The minimum atomic E-state index is -1.19. The number of rotatable bonds is 4. The summed E-state index contributed by atoms with van der Waals surface area (Å²) < 4.78 is 19.6. The Kier molecular flexibility index (Phi) is 4.97. The fourth-order valence-corrected chi connectivity index (χ4v) is 3.28. The van der Waals surface area contributed by atoms with Gasteiger partial charge in [0.15, 0.2) is 5.96 Å². The van der Waals surface area contributed by atoms with Crippen molar-refractivity contribution in [3.8, 4) is 11.3 Å². The van der Waals surface area contributed by atoms with E-state index in [4.69, 9.17) is 10.2 Å². The first-order valence-corrected chi connectivity index (χ1v) is 9.35. The van der Waals surface area contributed by atoms with Crippen LogP contribution in [0.5, 0.6) is 0 Å². The maximum atomic E-state index is 14.6. The summed E-state index contributed by atoms with van der Waals surface area (Å²) in [5, 5.41) is 2.67. The van der Waals surface area contributed by atoms with E-state index in [9.17, 15) is 14.0 Å². The molecule has 2 amide bonds. The molecule has 3 N–H and O–H groups in total. The van der Waals surface area contributed by atoms with Crippen molar-refractivity contribution in [2.45, 2.75) is 18.9 Å². The van der Waals surface area contributed by atoms with Crippen molar-refractivity contribution in [1.82, 2.24) is 14.9 Å². The number of furan rings is 1. The van der Waals surface area contributed by atoms with Crippen LogP contribution in [-0.4, -0.2) is 39.7 Å². The fraction of sp³-hybridized carbons (Fsp3) is 0.190. The number of benzene rings is 1. The van der Waals surface area contributed by atoms with Crippen molar-refractivity contribution in [3.63, 3.8) is 0 Å². The van der Waals surface area contributed by atoms with Gasteiger partial charge >= 0.3 is 0 Å². The predicted molar refractivity (Wildman–Crippen MR) is 110 cm³/mol. The Morgan fingerprint density at radius 2 is 2.10 bits per heavy atom. The molecule has 9 nitrogen and oxygen atoms in total. The predicted octanol–water partition coefficient (Wildman–Crippen LogP) is 2.52. The van der Waals surface area contributed by atoms with Crippen LogP contribution in [0, 0.1) is 5.82 Å². The minimum absolute atomic E-state index is 0.000533. The lowest BCUT2D eigenvalue weighted by Crippen LogP contribution is -2.47. The first kappa shape index (κ1) is 20.2. The Hall–Kier alpha value is -4.08. The number of nitrogens with two attached hydrogens (primary N) is 1. The lowest BCUT2D eigenvalue weighted by atomic mass is 9.87. The summed E-state index contributed by atoms with van der Waals surface area (Å²) in [6.07, 6.45) is 5.77. The number of anilines is 1. The van der Waals surface area contributed by atoms with E-state index in [-0.39, 0.29) is 29.5 Å². The van der Waals surface area contributed by atoms with Gasteiger partial charge in [-0.05, 0) is 31.2 Å². The number of aromatic nitrogens is 2. The van der Waals surface area contributed by atoms with Crippen LogP contribution in [0.25, 0.3) is 11.3 Å². The maximum Gasteiger partial charge on any atom is 0.275 e. The molecule has 3 heterocycles. The van der Waals surface area contributed by atoms with Gasteiger partial charge in [-0.2, -0.15) is 0 Å². The third kappa shape index (κ3) is 3.87. The summed E-state index contributed by atoms with van der Waals surface area (Å²) in [7, 11) is 1.51. The number of nitrogens with zero attached hydrogens (tertiary/aromatic N) is 4. The molecule has 0 saturated heterocycles. The molecule has 1 unspecified atom stereocenters. The minimum Gasteiger partial charge on any atom is -0.472 e. The number of hydrogen-bond donors (Lipinski definition) is 2. The summed E-state index contributed by atoms with van der Waals surface area (Å²) in [6, 6.07) is 5.79. The molecule has 2 aromatic heterocycles. The second kappa shape index (κ2) is 7.63. The van der Waals surface area contributed by atoms with Crippen molar-refractivity contribution in [1.29, 1.82) is 0 Å². The molecule has 0 spiro atoms. The number of guanidine groups is 1. The quantitative estimate of drug-likeness (QED) is 0.665. The summed E-state index contributed by atoms with van der Waals surface area (Å²) in [5.41, 5.74) is 6.48. The first-order valence-electron chi connectivity index (χ1n) is 9.35. The summed E-state index contributed by atoms with van der Waals surface area (Å²) in [5.74, 6) is -1.35. The molecule has 0 fully saturated rings. The van der Waals surface area contributed by atoms with Gasteiger partial charge in [0.1, 0.15) is 11.5 Å². The van der Waals surface area contributed by atoms with Gasteiger partial charge < -0.3 is 15.5 Å². The number of carbonyl (C=O) groups excluding carboxylic acids is 2. The molecule has 0 radical (unpaired) electrons. The maximum absolute atomic E-state index is 14.6. The third-order valence-electron chi connectivity index (χ3n) is 5.08. The molecule has 3 aromatic rings. The lowest BCUT2D eigenvalue weighted by molar-refractivity contribution is -0.128. The van der Waals surface area contributed by atoms with E-state index in [0.717, 1.165) is 5.56 Å². The molecular weight excluding hydrogens is 403 g/mol. The Balaban J connectivity index is 1.57. The van der Waals surface area contributed by atoms with Gasteiger partial charge in [-0.15, -0.1) is 0 Å². The van der Waals surface area contributed by atoms with Crippen LogP contribution in [0.2, 0.25) is 0 Å². The number of halogens is 1. The fourth-order valence-electron chi connectivity index (χ4n) is 3.28. The molecule has 0 aliphatic carbocycles. The zero-order valence-corrected chi connectivity index (χ0v) is 16.8. The van der Waals surface area contributed by atoms with E-state index in [1.54, 1.807) is 13.0 Å². The standard InChI is InChI=1S/C21H19FN6O3/c1-21(8-18(29)28(2)20(23)27-21)14-7-13(3-4-15(14)22)26-19(30)17-10-24-16(9-25-17)12-5-6-31-11-12/h3-7,9-11H,8H2,1-2H3,(H2,23,27)(H,26,30). The Morgan fingerprint density at radius 3 is 2.74 bits per heavy atom. The van der Waals surface area contributed by atoms with Gasteiger partial charge in [0.2, 0.25) is 5.91 Å². The van der Waals surface area contributed by atoms with Crippen LogP contribution in [0.1, 0.15) is 29.4 Å². The topological polar surface area (TPSA) is 127 Å². The van der Waals surface area contributed by atoms with Crippen LogP contribution in [0.3, 0.4) is 0 Å². The molecule has 1 atom stereocenters. The van der Waals surface area contributed by atoms with Crippen molar-refractivity contribution in [2.24, 2.45) is 10.7 Å². The van der Waals surface area contributed by atoms with Gasteiger partial charge in [0, 0.05) is 23.9 Å². The highest BCUT2D eigenvalue weighted by Gasteiger charge is 2.38. The average molecular weight is 422 g/mol. The highest BCUT2D eigenvalue weighted by molar-refractivity contribution is 6.03. The number of carbonyl (C=O) groups is 2. The van der Waals surface area contributed by atoms with Crippen molar-refractivity contribution >= 4 is 23.5 Å². The first-order chi connectivity index (χ1) is 14.8. The molecule has 31 heavy (non-hydrogen) atoms. The third-order valence-corrected chi connectivity index (χ3v) is 5.08.